The fraction of sp³-hybridized carbons (Fsp3) is 0.987. The maximum atomic E-state index is 12.8. The number of nitrogens with one attached hydrogen (secondary N) is 5. The van der Waals surface area contributed by atoms with E-state index in [-0.39, 0.29) is 59.6 Å². The molecule has 2 saturated carbocycles. The summed E-state index contributed by atoms with van der Waals surface area (Å²) in [6.45, 7) is 62.8. The molecule has 4 unspecified atom stereocenters. The summed E-state index contributed by atoms with van der Waals surface area (Å²) in [5.41, 5.74) is 17.1. The van der Waals surface area contributed by atoms with Gasteiger partial charge in [0.1, 0.15) is 6.17 Å². The number of nitrogens with zero attached hydrogens (tertiary/aromatic N) is 7. The van der Waals surface area contributed by atoms with Crippen LogP contribution in [0.4, 0.5) is 4.39 Å². The predicted octanol–water partition coefficient (Wildman–Crippen LogP) is 10.6. The highest BCUT2D eigenvalue weighted by molar-refractivity contribution is 7.51. The molecule has 0 radical (unpaired) electrons. The molecular weight excluding hydrogens is 1260 g/mol. The van der Waals surface area contributed by atoms with Crippen LogP contribution in [0.15, 0.2) is 0 Å². The van der Waals surface area contributed by atoms with Gasteiger partial charge in [0.05, 0.1) is 31.3 Å². The van der Waals surface area contributed by atoms with Crippen molar-refractivity contribution in [1.29, 1.82) is 5.26 Å². The van der Waals surface area contributed by atoms with E-state index in [4.69, 9.17) is 42.1 Å². The number of alkyl halides is 1. The maximum absolute atomic E-state index is 12.8. The monoisotopic (exact) mass is 1440 g/mol. The summed E-state index contributed by atoms with van der Waals surface area (Å²) in [4.78, 5) is 22.9. The van der Waals surface area contributed by atoms with Crippen molar-refractivity contribution in [3.63, 3.8) is 0 Å². The fourth-order valence-corrected chi connectivity index (χ4v) is 13.0. The predicted molar refractivity (Wildman–Crippen MR) is 430 cm³/mol. The minimum atomic E-state index is -3.27. The Bertz CT molecular complexity index is 1840. The smallest absolute Gasteiger partial charge is 0.325 e. The lowest BCUT2D eigenvalue weighted by atomic mass is 9.78. The van der Waals surface area contributed by atoms with Crippen molar-refractivity contribution in [1.82, 2.24) is 56.0 Å². The number of likely N-dealkylation sites (N-methyl/N-ethyl adjacent to an activating group) is 2. The molecule has 0 bridgehead atoms. The molecule has 0 spiro atoms. The standard InChI is InChI=1S/C9H20N2.C8H15N3.2C8H18N2.C8H16.C7H15FN2.C7H18N2O.C7H16NO3P.C7H14.C5H13NO.3CH4/c1-8(2)11-6-4-5-9(7-11)10-3;1-6(2)11-4-7(3-9)8(10)5-11;1-6(2)10-4-7(3)8(9)5-10;1-7(2)10-5-4-8(6-10)9-3;1-7(2)8-5-3-4-6-8;1-5(2)10-3-6(8)7(9)4-10;1-7(2)9-4-3-8-5-6-10;1-6(2)8-4-7(5-8)11-12(3,9)10;1-6(2)7-4-3-5-7;1-5(2)6-3-4-7;;;/h8-10H,4-7H2,1-3H3;6-8H,4-5,10H2,1-2H3;6-8H,4-5,9H2,1-3H3;7-9H,4-6H2,1-3H3;7-8H,3-6H2,1-2H3;5-7H,3-4,9H2,1-2H3;7-10H,3-6H2,1-2H3;6-7H,4-5H2,1-3H3,(H,9,10);6-7H,3-5H2,1-2H3;5-7H,3-4H2,1-2H3;3*1H4/t9-;7-,8-;7?,8-;8-;;;;;;;;;/m1111........./s1. The second-order valence-electron chi connectivity index (χ2n) is 31.7. The number of hydrogen-bond acceptors (Lipinski definition) is 19. The highest BCUT2D eigenvalue weighted by atomic mass is 31.2. The van der Waals surface area contributed by atoms with Gasteiger partial charge in [0.25, 0.3) is 0 Å². The Morgan fingerprint density at radius 2 is 0.889 bits per heavy atom. The van der Waals surface area contributed by atoms with Crippen LogP contribution >= 0.6 is 7.60 Å². The first kappa shape index (κ1) is 107. The highest BCUT2D eigenvalue weighted by Crippen LogP contribution is 2.40. The molecule has 22 heteroatoms. The molecular formula is C77H175FN15O5P. The van der Waals surface area contributed by atoms with Gasteiger partial charge in [-0.1, -0.05) is 130 Å². The number of piperidine rings is 1. The molecule has 0 amide bonds. The van der Waals surface area contributed by atoms with E-state index in [9.17, 15) is 8.96 Å². The first-order chi connectivity index (χ1) is 44.9. The lowest BCUT2D eigenvalue weighted by molar-refractivity contribution is -0.00458. The Morgan fingerprint density at radius 3 is 1.16 bits per heavy atom. The summed E-state index contributed by atoms with van der Waals surface area (Å²) < 4.78 is 28.5. The molecule has 2 aliphatic carbocycles. The second-order valence-corrected chi connectivity index (χ2v) is 33.5. The van der Waals surface area contributed by atoms with Gasteiger partial charge in [0, 0.05) is 177 Å². The van der Waals surface area contributed by atoms with Crippen LogP contribution in [-0.2, 0) is 9.09 Å². The molecule has 600 valence electrons. The quantitative estimate of drug-likeness (QED) is 0.0377. The fourth-order valence-electron chi connectivity index (χ4n) is 12.3. The number of likely N-dealkylation sites (tertiary alicyclic amines) is 6. The molecule has 0 aromatic heterocycles. The van der Waals surface area contributed by atoms with Crippen LogP contribution in [0.3, 0.4) is 0 Å². The van der Waals surface area contributed by atoms with E-state index in [1.54, 1.807) is 0 Å². The summed E-state index contributed by atoms with van der Waals surface area (Å²) in [6.07, 6.45) is 13.6. The third kappa shape index (κ3) is 52.5. The number of halogens is 1. The topological polar surface area (TPSA) is 268 Å². The zero-order valence-electron chi connectivity index (χ0n) is 66.8. The van der Waals surface area contributed by atoms with Gasteiger partial charge >= 0.3 is 7.60 Å². The largest absolute Gasteiger partial charge is 0.395 e. The molecule has 9 atom stereocenters. The van der Waals surface area contributed by atoms with E-state index in [1.165, 1.54) is 104 Å². The maximum Gasteiger partial charge on any atom is 0.325 e. The van der Waals surface area contributed by atoms with Gasteiger partial charge < -0.3 is 63.4 Å². The van der Waals surface area contributed by atoms with Crippen molar-refractivity contribution >= 4 is 7.60 Å². The number of hydrogen-bond donors (Lipinski definition) is 11. The second kappa shape index (κ2) is 61.0. The molecule has 6 saturated heterocycles. The van der Waals surface area contributed by atoms with Crippen molar-refractivity contribution in [2.45, 2.75) is 323 Å². The van der Waals surface area contributed by atoms with Gasteiger partial charge in [0.2, 0.25) is 0 Å². The summed E-state index contributed by atoms with van der Waals surface area (Å²) in [6, 6.07) is 8.48. The highest BCUT2D eigenvalue weighted by Gasteiger charge is 2.34. The Kier molecular flexibility index (Phi) is 65.6. The average molecular weight is 1440 g/mol. The van der Waals surface area contributed by atoms with E-state index in [0.717, 1.165) is 87.6 Å². The molecule has 14 N–H and O–H groups in total. The number of nitriles is 1. The van der Waals surface area contributed by atoms with Crippen molar-refractivity contribution in [3.8, 4) is 6.07 Å². The van der Waals surface area contributed by atoms with E-state index in [2.05, 4.69) is 222 Å². The summed E-state index contributed by atoms with van der Waals surface area (Å²) >= 11 is 0. The lowest BCUT2D eigenvalue weighted by Crippen LogP contribution is -2.54. The molecule has 99 heavy (non-hydrogen) atoms. The molecule has 8 aliphatic rings. The number of aliphatic hydroxyl groups is 2. The van der Waals surface area contributed by atoms with E-state index in [0.29, 0.717) is 80.4 Å². The van der Waals surface area contributed by atoms with Gasteiger partial charge in [-0.25, -0.2) is 4.39 Å². The molecule has 20 nitrogen and oxygen atoms in total. The zero-order valence-corrected chi connectivity index (χ0v) is 67.7. The van der Waals surface area contributed by atoms with Crippen molar-refractivity contribution in [2.24, 2.45) is 52.7 Å². The van der Waals surface area contributed by atoms with E-state index in [1.807, 2.05) is 0 Å². The average Bonchev–Trinajstić information content (AvgIpc) is 1.81. The minimum absolute atomic E-state index is 0. The Balaban J connectivity index is -0.000000331. The molecule has 8 fully saturated rings. The van der Waals surface area contributed by atoms with Gasteiger partial charge in [0.15, 0.2) is 0 Å². The number of nitrogens with two attached hydrogens (primary N) is 3. The third-order valence-electron chi connectivity index (χ3n) is 19.9. The molecule has 6 aliphatic heterocycles. The summed E-state index contributed by atoms with van der Waals surface area (Å²) in [5, 5.41) is 41.4. The molecule has 8 rings (SSSR count). The summed E-state index contributed by atoms with van der Waals surface area (Å²) in [5.74, 6) is 4.76. The minimum Gasteiger partial charge on any atom is -0.395 e. The normalized spacial score (nSPS) is 25.1. The van der Waals surface area contributed by atoms with Crippen molar-refractivity contribution < 1.29 is 28.6 Å². The first-order valence-corrected chi connectivity index (χ1v) is 40.4. The number of rotatable bonds is 21. The van der Waals surface area contributed by atoms with Crippen molar-refractivity contribution in [2.75, 3.05) is 139 Å². The van der Waals surface area contributed by atoms with Crippen LogP contribution in [0.2, 0.25) is 0 Å². The Hall–Kier alpha value is -1.07. The van der Waals surface area contributed by atoms with Gasteiger partial charge in [-0.15, -0.1) is 0 Å². The Morgan fingerprint density at radius 1 is 0.495 bits per heavy atom. The van der Waals surface area contributed by atoms with Crippen LogP contribution in [0.5, 0.6) is 0 Å². The third-order valence-corrected chi connectivity index (χ3v) is 20.6. The molecule has 6 heterocycles. The van der Waals surface area contributed by atoms with Crippen LogP contribution in [0, 0.1) is 46.8 Å². The first-order valence-electron chi connectivity index (χ1n) is 38.3. The zero-order chi connectivity index (χ0) is 73.8. The SMILES string of the molecule is C.C.C.CC(C)C1CCC1.CC(C)C1CCCC1.CC(C)N1CC(N)C(F)C1.CC(C)N1CC(OP(C)(=O)O)C1.CC(C)N1C[C@@H](N)[C@H](C#N)C1.CC(C)NCCNCCO.CC(C)NCCO.CC1CN(C(C)C)C[C@H]1N.CN[C@@H]1CCCN(C(C)C)C1.CN[C@@H]1CCN(C(C)C)C1. The van der Waals surface area contributed by atoms with Crippen LogP contribution in [0.25, 0.3) is 0 Å². The van der Waals surface area contributed by atoms with Gasteiger partial charge in [-0.05, 0) is 159 Å². The summed E-state index contributed by atoms with van der Waals surface area (Å²) in [7, 11) is 0.844. The van der Waals surface area contributed by atoms with Crippen LogP contribution in [0.1, 0.15) is 232 Å². The van der Waals surface area contributed by atoms with Gasteiger partial charge in [-0.2, -0.15) is 5.26 Å². The van der Waals surface area contributed by atoms with E-state index >= 15 is 0 Å². The molecule has 0 aromatic rings. The lowest BCUT2D eigenvalue weighted by Gasteiger charge is -2.41. The van der Waals surface area contributed by atoms with Gasteiger partial charge in [-0.3, -0.25) is 34.0 Å². The van der Waals surface area contributed by atoms with Crippen LogP contribution in [-0.4, -0.2) is 274 Å². The molecule has 0 aromatic carbocycles. The van der Waals surface area contributed by atoms with E-state index < -0.39 is 13.8 Å². The van der Waals surface area contributed by atoms with Crippen molar-refractivity contribution in [3.05, 3.63) is 0 Å². The Labute approximate surface area is 614 Å². The number of aliphatic hydroxyl groups excluding tert-OH is 2. The van der Waals surface area contributed by atoms with Crippen LogP contribution < -0.4 is 43.8 Å².